The largest absolute Gasteiger partial charge is 0.493 e. The lowest BCUT2D eigenvalue weighted by Gasteiger charge is -2.12. The predicted octanol–water partition coefficient (Wildman–Crippen LogP) is 3.55. The number of methoxy groups -OCH3 is 2. The van der Waals surface area contributed by atoms with Crippen LogP contribution in [0, 0.1) is 6.92 Å². The van der Waals surface area contributed by atoms with E-state index in [2.05, 4.69) is 25.6 Å². The number of hydrogen-bond donors (Lipinski definition) is 2. The zero-order chi connectivity index (χ0) is 18.4. The van der Waals surface area contributed by atoms with Crippen LogP contribution in [0.2, 0.25) is 0 Å². The molecule has 7 nitrogen and oxygen atoms in total. The van der Waals surface area contributed by atoms with E-state index >= 15 is 0 Å². The van der Waals surface area contributed by atoms with Crippen molar-refractivity contribution in [2.24, 2.45) is 0 Å². The second-order valence-electron chi connectivity index (χ2n) is 5.63. The molecule has 0 bridgehead atoms. The van der Waals surface area contributed by atoms with E-state index in [0.29, 0.717) is 24.0 Å². The van der Waals surface area contributed by atoms with E-state index in [1.807, 2.05) is 49.5 Å². The van der Waals surface area contributed by atoms with Crippen LogP contribution in [0.1, 0.15) is 11.3 Å². The first-order valence-corrected chi connectivity index (χ1v) is 8.15. The number of rotatable bonds is 7. The highest BCUT2D eigenvalue weighted by molar-refractivity contribution is 5.60. The number of aromatic nitrogens is 3. The zero-order valence-electron chi connectivity index (χ0n) is 15.0. The van der Waals surface area contributed by atoms with Gasteiger partial charge in [-0.1, -0.05) is 6.07 Å². The van der Waals surface area contributed by atoms with Crippen molar-refractivity contribution in [3.05, 3.63) is 60.0 Å². The quantitative estimate of drug-likeness (QED) is 0.673. The SMILES string of the molecule is COc1ccc(Nc2nc(C)cc(NCc3cccnc3)n2)cc1OC. The summed E-state index contributed by atoms with van der Waals surface area (Å²) in [5.74, 6) is 2.55. The Kier molecular flexibility index (Phi) is 5.48. The number of pyridine rings is 1. The molecular formula is C19H21N5O2. The normalized spacial score (nSPS) is 10.3. The molecule has 2 N–H and O–H groups in total. The number of hydrogen-bond acceptors (Lipinski definition) is 7. The number of nitrogens with zero attached hydrogens (tertiary/aromatic N) is 3. The fourth-order valence-electron chi connectivity index (χ4n) is 2.45. The van der Waals surface area contributed by atoms with E-state index < -0.39 is 0 Å². The molecule has 26 heavy (non-hydrogen) atoms. The fourth-order valence-corrected chi connectivity index (χ4v) is 2.45. The molecule has 0 unspecified atom stereocenters. The van der Waals surface area contributed by atoms with E-state index in [1.54, 1.807) is 20.4 Å². The summed E-state index contributed by atoms with van der Waals surface area (Å²) in [6, 6.07) is 11.4. The third-order valence-electron chi connectivity index (χ3n) is 3.69. The molecule has 134 valence electrons. The number of benzene rings is 1. The van der Waals surface area contributed by atoms with Gasteiger partial charge in [0.05, 0.1) is 14.2 Å². The van der Waals surface area contributed by atoms with Crippen LogP contribution in [-0.2, 0) is 6.54 Å². The van der Waals surface area contributed by atoms with Gasteiger partial charge in [0.15, 0.2) is 11.5 Å². The van der Waals surface area contributed by atoms with E-state index in [0.717, 1.165) is 22.8 Å². The summed E-state index contributed by atoms with van der Waals surface area (Å²) in [5.41, 5.74) is 2.75. The maximum atomic E-state index is 5.33. The van der Waals surface area contributed by atoms with E-state index in [9.17, 15) is 0 Å². The van der Waals surface area contributed by atoms with Crippen LogP contribution < -0.4 is 20.1 Å². The van der Waals surface area contributed by atoms with Crippen molar-refractivity contribution < 1.29 is 9.47 Å². The second-order valence-corrected chi connectivity index (χ2v) is 5.63. The average Bonchev–Trinajstić information content (AvgIpc) is 2.66. The Morgan fingerprint density at radius 2 is 1.85 bits per heavy atom. The molecule has 3 aromatic rings. The van der Waals surface area contributed by atoms with Gasteiger partial charge in [-0.3, -0.25) is 4.98 Å². The first kappa shape index (κ1) is 17.5. The van der Waals surface area contributed by atoms with Gasteiger partial charge in [0.1, 0.15) is 5.82 Å². The number of aryl methyl sites for hydroxylation is 1. The van der Waals surface area contributed by atoms with Gasteiger partial charge in [0.2, 0.25) is 5.95 Å². The maximum Gasteiger partial charge on any atom is 0.229 e. The smallest absolute Gasteiger partial charge is 0.229 e. The Bertz CT molecular complexity index is 871. The van der Waals surface area contributed by atoms with Crippen molar-refractivity contribution in [2.45, 2.75) is 13.5 Å². The van der Waals surface area contributed by atoms with Gasteiger partial charge in [0.25, 0.3) is 0 Å². The Labute approximate surface area is 152 Å². The summed E-state index contributed by atoms with van der Waals surface area (Å²) in [6.07, 6.45) is 3.58. The predicted molar refractivity (Wildman–Crippen MR) is 101 cm³/mol. The maximum absolute atomic E-state index is 5.33. The third-order valence-corrected chi connectivity index (χ3v) is 3.69. The molecule has 0 saturated carbocycles. The van der Waals surface area contributed by atoms with Gasteiger partial charge in [-0.2, -0.15) is 4.98 Å². The lowest BCUT2D eigenvalue weighted by Crippen LogP contribution is -2.06. The summed E-state index contributed by atoms with van der Waals surface area (Å²) >= 11 is 0. The Balaban J connectivity index is 1.75. The van der Waals surface area contributed by atoms with Gasteiger partial charge in [-0.25, -0.2) is 4.98 Å². The van der Waals surface area contributed by atoms with E-state index in [1.165, 1.54) is 0 Å². The average molecular weight is 351 g/mol. The van der Waals surface area contributed by atoms with Crippen LogP contribution in [0.25, 0.3) is 0 Å². The molecule has 0 aliphatic carbocycles. The lowest BCUT2D eigenvalue weighted by molar-refractivity contribution is 0.355. The van der Waals surface area contributed by atoms with Gasteiger partial charge in [0, 0.05) is 42.5 Å². The standard InChI is InChI=1S/C19H21N5O2/c1-13-9-18(21-12-14-5-4-8-20-11-14)24-19(22-13)23-15-6-7-16(25-2)17(10-15)26-3/h4-11H,12H2,1-3H3,(H2,21,22,23,24). The van der Waals surface area contributed by atoms with Crippen molar-refractivity contribution in [2.75, 3.05) is 24.9 Å². The summed E-state index contributed by atoms with van der Waals surface area (Å²) in [6.45, 7) is 2.57. The second kappa shape index (κ2) is 8.15. The van der Waals surface area contributed by atoms with E-state index in [-0.39, 0.29) is 0 Å². The molecule has 3 rings (SSSR count). The van der Waals surface area contributed by atoms with Crippen LogP contribution in [-0.4, -0.2) is 29.2 Å². The molecule has 0 fully saturated rings. The minimum atomic E-state index is 0.505. The number of anilines is 3. The molecule has 0 radical (unpaired) electrons. The minimum absolute atomic E-state index is 0.505. The summed E-state index contributed by atoms with van der Waals surface area (Å²) in [4.78, 5) is 13.1. The summed E-state index contributed by atoms with van der Waals surface area (Å²) in [5, 5.41) is 6.49. The third kappa shape index (κ3) is 4.38. The molecule has 0 atom stereocenters. The van der Waals surface area contributed by atoms with Gasteiger partial charge in [-0.15, -0.1) is 0 Å². The summed E-state index contributed by atoms with van der Waals surface area (Å²) in [7, 11) is 3.21. The molecule has 2 aromatic heterocycles. The van der Waals surface area contributed by atoms with Crippen LogP contribution >= 0.6 is 0 Å². The van der Waals surface area contributed by atoms with E-state index in [4.69, 9.17) is 9.47 Å². The van der Waals surface area contributed by atoms with Crippen LogP contribution in [0.4, 0.5) is 17.5 Å². The zero-order valence-corrected chi connectivity index (χ0v) is 15.0. The van der Waals surface area contributed by atoms with Gasteiger partial charge in [-0.05, 0) is 30.7 Å². The Morgan fingerprint density at radius 1 is 1.00 bits per heavy atom. The van der Waals surface area contributed by atoms with Gasteiger partial charge < -0.3 is 20.1 Å². The highest BCUT2D eigenvalue weighted by atomic mass is 16.5. The lowest BCUT2D eigenvalue weighted by atomic mass is 10.2. The molecule has 0 aliphatic heterocycles. The van der Waals surface area contributed by atoms with Crippen molar-refractivity contribution in [3.8, 4) is 11.5 Å². The number of nitrogens with one attached hydrogen (secondary N) is 2. The summed E-state index contributed by atoms with van der Waals surface area (Å²) < 4.78 is 10.6. The Morgan fingerprint density at radius 3 is 2.58 bits per heavy atom. The minimum Gasteiger partial charge on any atom is -0.493 e. The molecule has 0 aliphatic rings. The highest BCUT2D eigenvalue weighted by Gasteiger charge is 2.07. The van der Waals surface area contributed by atoms with Crippen LogP contribution in [0.3, 0.4) is 0 Å². The van der Waals surface area contributed by atoms with Gasteiger partial charge >= 0.3 is 0 Å². The van der Waals surface area contributed by atoms with Crippen molar-refractivity contribution in [1.29, 1.82) is 0 Å². The molecule has 2 heterocycles. The molecule has 0 amide bonds. The highest BCUT2D eigenvalue weighted by Crippen LogP contribution is 2.30. The molecule has 0 spiro atoms. The molecule has 7 heteroatoms. The van der Waals surface area contributed by atoms with Crippen LogP contribution in [0.15, 0.2) is 48.8 Å². The molecule has 1 aromatic carbocycles. The molecular weight excluding hydrogens is 330 g/mol. The monoisotopic (exact) mass is 351 g/mol. The first-order chi connectivity index (χ1) is 12.7. The first-order valence-electron chi connectivity index (χ1n) is 8.15. The Hall–Kier alpha value is -3.35. The topological polar surface area (TPSA) is 81.2 Å². The number of ether oxygens (including phenoxy) is 2. The van der Waals surface area contributed by atoms with Crippen LogP contribution in [0.5, 0.6) is 11.5 Å². The fraction of sp³-hybridized carbons (Fsp3) is 0.211. The van der Waals surface area contributed by atoms with Crippen molar-refractivity contribution in [1.82, 2.24) is 15.0 Å². The van der Waals surface area contributed by atoms with Crippen molar-refractivity contribution in [3.63, 3.8) is 0 Å². The van der Waals surface area contributed by atoms with Crippen molar-refractivity contribution >= 4 is 17.5 Å². The molecule has 0 saturated heterocycles.